The smallest absolute Gasteiger partial charge is 0.308 e. The highest BCUT2D eigenvalue weighted by Crippen LogP contribution is 2.50. The van der Waals surface area contributed by atoms with Gasteiger partial charge in [-0.05, 0) is 143 Å². The van der Waals surface area contributed by atoms with Gasteiger partial charge in [-0.2, -0.15) is 111 Å². The molecule has 0 aliphatic carbocycles. The molecule has 0 saturated heterocycles. The Morgan fingerprint density at radius 3 is 0.796 bits per heavy atom. The maximum absolute atomic E-state index is 15.0. The van der Waals surface area contributed by atoms with Crippen LogP contribution in [0.5, 0.6) is 0 Å². The van der Waals surface area contributed by atoms with Crippen LogP contribution in [0.15, 0.2) is 158 Å². The Bertz CT molecular complexity index is 5030. The second kappa shape index (κ2) is 22.8. The van der Waals surface area contributed by atoms with Crippen LogP contribution >= 0.6 is 0 Å². The summed E-state index contributed by atoms with van der Waals surface area (Å²) in [7, 11) is 0. The van der Waals surface area contributed by atoms with Gasteiger partial charge in [-0.25, -0.2) is 15.0 Å². The number of aromatic nitrogens is 5. The minimum Gasteiger partial charge on any atom is -0.308 e. The highest BCUT2D eigenvalue weighted by Gasteiger charge is 2.43. The Balaban J connectivity index is 1.23. The molecular weight excluding hydrogens is 1360 g/mol. The van der Waals surface area contributed by atoms with Gasteiger partial charge in [0.25, 0.3) is 0 Å². The molecule has 9 aromatic carbocycles. The number of hydrogen-bond acceptors (Lipinski definition) is 4. The normalized spacial score (nSPS) is 13.2. The second-order valence-electron chi connectivity index (χ2n) is 22.4. The molecule has 3 aromatic heterocycles. The van der Waals surface area contributed by atoms with E-state index in [-0.39, 0.29) is 90.8 Å². The fourth-order valence-electron chi connectivity index (χ4n) is 12.0. The van der Waals surface area contributed by atoms with Gasteiger partial charge in [0.2, 0.25) is 0 Å². The first-order valence-corrected chi connectivity index (χ1v) is 28.0. The zero-order chi connectivity index (χ0) is 71.3. The third kappa shape index (κ3) is 12.2. The van der Waals surface area contributed by atoms with Gasteiger partial charge in [0.05, 0.1) is 83.5 Å². The molecule has 0 aliphatic heterocycles. The quantitative estimate of drug-likeness (QED) is 0.149. The van der Waals surface area contributed by atoms with E-state index in [9.17, 15) is 84.3 Å². The van der Waals surface area contributed by atoms with Crippen LogP contribution in [0.25, 0.3) is 111 Å². The zero-order valence-electron chi connectivity index (χ0n) is 48.8. The van der Waals surface area contributed by atoms with Crippen LogP contribution < -0.4 is 0 Å². The van der Waals surface area contributed by atoms with E-state index >= 15 is 26.3 Å². The summed E-state index contributed by atoms with van der Waals surface area (Å²) >= 11 is 0. The molecule has 502 valence electrons. The number of nitriles is 1. The summed E-state index contributed by atoms with van der Waals surface area (Å²) in [6.45, 7) is 2.68. The van der Waals surface area contributed by atoms with Gasteiger partial charge < -0.3 is 9.13 Å². The van der Waals surface area contributed by atoms with Crippen LogP contribution in [0.2, 0.25) is 0 Å². The number of nitrogens with zero attached hydrogens (tertiary/aromatic N) is 6. The molecule has 6 nitrogen and oxygen atoms in total. The molecule has 0 saturated carbocycles. The predicted octanol–water partition coefficient (Wildman–Crippen LogP) is 23.0. The molecule has 0 unspecified atom stereocenters. The van der Waals surface area contributed by atoms with Crippen molar-refractivity contribution >= 4 is 43.6 Å². The van der Waals surface area contributed by atoms with Gasteiger partial charge in [0, 0.05) is 27.1 Å². The standard InChI is InChI=1S/C68H32F24N6/c1-30-94-31(2)96-60(95-30)49-28-54(97-55-19-32(41-15-7-37(61(69,70)71)24-50(41)65(81,82)83)3-11-45(55)46-12-4-33(20-56(46)97)42-16-8-38(62(72,73)74)25-51(42)66(84,85)86)36(29-93)23-59(49)98-57-21-34(43-17-9-39(63(75,76)77)26-52(43)67(87,88)89)5-13-47(57)48-14-6-35(22-58(48)98)44-18-10-40(64(78,79)80)27-53(44)68(90,91)92/h3-28H,1-2H3. The largest absolute Gasteiger partial charge is 0.417 e. The highest BCUT2D eigenvalue weighted by atomic mass is 19.4. The Hall–Kier alpha value is -10.6. The first-order chi connectivity index (χ1) is 45.4. The molecular formula is C68H32F24N6. The third-order valence-corrected chi connectivity index (χ3v) is 16.2. The summed E-state index contributed by atoms with van der Waals surface area (Å²) in [6.07, 6.45) is -43.3. The minimum atomic E-state index is -5.50. The van der Waals surface area contributed by atoms with E-state index < -0.39 is 156 Å². The molecule has 0 aliphatic rings. The van der Waals surface area contributed by atoms with Crippen LogP contribution in [0.4, 0.5) is 105 Å². The lowest BCUT2D eigenvalue weighted by atomic mass is 9.95. The van der Waals surface area contributed by atoms with E-state index in [1.54, 1.807) is 0 Å². The number of rotatable bonds is 7. The Morgan fingerprint density at radius 1 is 0.286 bits per heavy atom. The van der Waals surface area contributed by atoms with Gasteiger partial charge in [-0.15, -0.1) is 0 Å². The van der Waals surface area contributed by atoms with Gasteiger partial charge in [0.1, 0.15) is 17.7 Å². The lowest BCUT2D eigenvalue weighted by molar-refractivity contribution is -0.144. The van der Waals surface area contributed by atoms with Crippen LogP contribution in [-0.4, -0.2) is 24.1 Å². The lowest BCUT2D eigenvalue weighted by Gasteiger charge is -2.20. The Kier molecular flexibility index (Phi) is 15.6. The fraction of sp³-hybridized carbons (Fsp3) is 0.147. The molecule has 0 N–H and O–H groups in total. The summed E-state index contributed by atoms with van der Waals surface area (Å²) in [5.74, 6) is -0.580. The maximum Gasteiger partial charge on any atom is 0.417 e. The fourth-order valence-corrected chi connectivity index (χ4v) is 12.0. The van der Waals surface area contributed by atoms with Crippen molar-refractivity contribution in [2.24, 2.45) is 0 Å². The van der Waals surface area contributed by atoms with Gasteiger partial charge in [-0.1, -0.05) is 72.8 Å². The van der Waals surface area contributed by atoms with E-state index in [4.69, 9.17) is 0 Å². The SMILES string of the molecule is Cc1nc(C)nc(-c2cc(-n3c4cc(-c5ccc(C(F)(F)F)cc5C(F)(F)F)ccc4c4ccc(-c5ccc(C(F)(F)F)cc5C(F)(F)F)cc43)c(C#N)cc2-n2c3cc(-c4ccc(C(F)(F)F)cc4C(F)(F)F)ccc3c3ccc(-c4ccc(C(F)(F)F)cc4C(F)(F)F)cc32)n1. The van der Waals surface area contributed by atoms with Crippen molar-refractivity contribution in [3.63, 3.8) is 0 Å². The van der Waals surface area contributed by atoms with E-state index in [1.165, 1.54) is 26.0 Å². The molecule has 98 heavy (non-hydrogen) atoms. The van der Waals surface area contributed by atoms with E-state index in [0.29, 0.717) is 48.5 Å². The number of fused-ring (bicyclic) bond motifs is 6. The van der Waals surface area contributed by atoms with E-state index in [1.807, 2.05) is 6.07 Å². The lowest BCUT2D eigenvalue weighted by Crippen LogP contribution is -2.12. The number of alkyl halides is 24. The Labute approximate surface area is 532 Å². The van der Waals surface area contributed by atoms with E-state index in [2.05, 4.69) is 15.0 Å². The summed E-state index contributed by atoms with van der Waals surface area (Å²) in [5.41, 5.74) is -22.4. The topological polar surface area (TPSA) is 72.3 Å². The number of halogens is 24. The number of hydrogen-bond donors (Lipinski definition) is 0. The number of aryl methyl sites for hydroxylation is 2. The summed E-state index contributed by atoms with van der Waals surface area (Å²) in [5, 5.41) is 11.4. The summed E-state index contributed by atoms with van der Waals surface area (Å²) < 4.78 is 351. The maximum atomic E-state index is 15.0. The van der Waals surface area contributed by atoms with Gasteiger partial charge >= 0.3 is 49.4 Å². The monoisotopic (exact) mass is 1390 g/mol. The zero-order valence-corrected chi connectivity index (χ0v) is 48.8. The van der Waals surface area contributed by atoms with Crippen LogP contribution in [-0.2, 0) is 49.4 Å². The first-order valence-electron chi connectivity index (χ1n) is 28.0. The first kappa shape index (κ1) is 67.4. The molecule has 12 rings (SSSR count). The van der Waals surface area contributed by atoms with Crippen molar-refractivity contribution in [1.82, 2.24) is 24.1 Å². The average Bonchev–Trinajstić information content (AvgIpc) is 1.55. The molecule has 0 radical (unpaired) electrons. The van der Waals surface area contributed by atoms with Crippen molar-refractivity contribution < 1.29 is 105 Å². The van der Waals surface area contributed by atoms with Crippen molar-refractivity contribution in [3.8, 4) is 73.3 Å². The van der Waals surface area contributed by atoms with Crippen molar-refractivity contribution in [2.75, 3.05) is 0 Å². The second-order valence-corrected chi connectivity index (χ2v) is 22.4. The molecule has 0 spiro atoms. The van der Waals surface area contributed by atoms with Crippen molar-refractivity contribution in [2.45, 2.75) is 63.3 Å². The summed E-state index contributed by atoms with van der Waals surface area (Å²) in [4.78, 5) is 13.2. The van der Waals surface area contributed by atoms with Crippen LogP contribution in [0.1, 0.15) is 61.7 Å². The highest BCUT2D eigenvalue weighted by molar-refractivity contribution is 6.13. The van der Waals surface area contributed by atoms with Crippen molar-refractivity contribution in [1.29, 1.82) is 5.26 Å². The molecule has 12 aromatic rings. The van der Waals surface area contributed by atoms with Crippen LogP contribution in [0, 0.1) is 25.2 Å². The molecule has 0 amide bonds. The Morgan fingerprint density at radius 2 is 0.551 bits per heavy atom. The molecule has 0 atom stereocenters. The molecule has 30 heteroatoms. The van der Waals surface area contributed by atoms with Gasteiger partial charge in [0.15, 0.2) is 5.82 Å². The molecule has 3 heterocycles. The van der Waals surface area contributed by atoms with E-state index in [0.717, 1.165) is 81.9 Å². The minimum absolute atomic E-state index is 0.0128. The predicted molar refractivity (Wildman–Crippen MR) is 310 cm³/mol. The molecule has 0 bridgehead atoms. The van der Waals surface area contributed by atoms with Gasteiger partial charge in [-0.3, -0.25) is 0 Å². The summed E-state index contributed by atoms with van der Waals surface area (Å²) in [6, 6.07) is 19.7. The molecule has 0 fully saturated rings. The van der Waals surface area contributed by atoms with Crippen LogP contribution in [0.3, 0.4) is 0 Å². The average molecular weight is 1390 g/mol. The number of benzene rings is 9. The third-order valence-electron chi connectivity index (χ3n) is 16.2. The van der Waals surface area contributed by atoms with Crippen molar-refractivity contribution in [3.05, 3.63) is 219 Å².